The van der Waals surface area contributed by atoms with Crippen molar-refractivity contribution in [3.63, 3.8) is 0 Å². The Balaban J connectivity index is 2.63. The Bertz CT molecular complexity index is 1130. The molecule has 0 aliphatic heterocycles. The van der Waals surface area contributed by atoms with E-state index in [2.05, 4.69) is 10.6 Å². The lowest BCUT2D eigenvalue weighted by Crippen LogP contribution is -2.56. The van der Waals surface area contributed by atoms with Gasteiger partial charge in [0, 0.05) is 24.1 Å². The number of benzene rings is 2. The first-order valence-electron chi connectivity index (χ1n) is 14.2. The lowest BCUT2D eigenvalue weighted by atomic mass is 9.95. The van der Waals surface area contributed by atoms with Crippen molar-refractivity contribution in [2.45, 2.75) is 111 Å². The second-order valence-corrected chi connectivity index (χ2v) is 11.5. The van der Waals surface area contributed by atoms with Crippen LogP contribution in [0, 0.1) is 6.92 Å². The van der Waals surface area contributed by atoms with Crippen LogP contribution < -0.4 is 10.6 Å². The van der Waals surface area contributed by atoms with E-state index in [1.165, 1.54) is 4.90 Å². The number of amides is 3. The van der Waals surface area contributed by atoms with Gasteiger partial charge in [-0.05, 0) is 65.5 Å². The molecule has 8 nitrogen and oxygen atoms in total. The third kappa shape index (κ3) is 9.28. The van der Waals surface area contributed by atoms with Gasteiger partial charge in [-0.2, -0.15) is 0 Å². The molecule has 0 saturated carbocycles. The zero-order chi connectivity index (χ0) is 30.0. The average Bonchev–Trinajstić information content (AvgIpc) is 2.87. The summed E-state index contributed by atoms with van der Waals surface area (Å²) in [4.78, 5) is 42.8. The van der Waals surface area contributed by atoms with E-state index >= 15 is 0 Å². The molecule has 2 aromatic rings. The number of carbonyl (C=O) groups excluding carboxylic acids is 3. The largest absolute Gasteiger partial charge is 0.507 e. The molecule has 4 atom stereocenters. The Morgan fingerprint density at radius 3 is 2.20 bits per heavy atom. The van der Waals surface area contributed by atoms with Crippen LogP contribution in [-0.2, 0) is 20.7 Å². The molecule has 0 fully saturated rings. The quantitative estimate of drug-likeness (QED) is 0.307. The molecule has 0 aliphatic carbocycles. The summed E-state index contributed by atoms with van der Waals surface area (Å²) in [7, 11) is 0. The van der Waals surface area contributed by atoms with Crippen molar-refractivity contribution in [2.75, 3.05) is 0 Å². The van der Waals surface area contributed by atoms with E-state index in [1.54, 1.807) is 45.9 Å². The van der Waals surface area contributed by atoms with Crippen molar-refractivity contribution < 1.29 is 24.2 Å². The number of aromatic hydroxyl groups is 1. The van der Waals surface area contributed by atoms with Gasteiger partial charge in [0.15, 0.2) is 0 Å². The summed E-state index contributed by atoms with van der Waals surface area (Å²) in [5, 5.41) is 16.9. The molecule has 0 radical (unpaired) electrons. The summed E-state index contributed by atoms with van der Waals surface area (Å²) in [6, 6.07) is 11.9. The summed E-state index contributed by atoms with van der Waals surface area (Å²) in [6.07, 6.45) is 1.69. The second kappa shape index (κ2) is 14.7. The first kappa shape index (κ1) is 32.7. The first-order chi connectivity index (χ1) is 18.8. The number of carbonyl (C=O) groups is 3. The highest BCUT2D eigenvalue weighted by atomic mass is 16.6. The van der Waals surface area contributed by atoms with Gasteiger partial charge in [-0.25, -0.2) is 4.79 Å². The number of rotatable bonds is 12. The van der Waals surface area contributed by atoms with Crippen molar-refractivity contribution in [1.29, 1.82) is 0 Å². The van der Waals surface area contributed by atoms with Crippen molar-refractivity contribution in [1.82, 2.24) is 15.5 Å². The molecule has 4 unspecified atom stereocenters. The fraction of sp³-hybridized carbons (Fsp3) is 0.531. The molecule has 0 saturated heterocycles. The minimum Gasteiger partial charge on any atom is -0.507 e. The van der Waals surface area contributed by atoms with Crippen molar-refractivity contribution >= 4 is 17.9 Å². The number of phenols is 1. The topological polar surface area (TPSA) is 108 Å². The first-order valence-corrected chi connectivity index (χ1v) is 14.2. The van der Waals surface area contributed by atoms with Gasteiger partial charge in [-0.15, -0.1) is 0 Å². The lowest BCUT2D eigenvalue weighted by Gasteiger charge is -2.39. The molecule has 2 rings (SSSR count). The summed E-state index contributed by atoms with van der Waals surface area (Å²) in [5.41, 5.74) is 1.02. The zero-order valence-electron chi connectivity index (χ0n) is 25.3. The average molecular weight is 554 g/mol. The highest BCUT2D eigenvalue weighted by Gasteiger charge is 2.40. The molecular weight excluding hydrogens is 506 g/mol. The predicted octanol–water partition coefficient (Wildman–Crippen LogP) is 5.81. The molecule has 0 bridgehead atoms. The van der Waals surface area contributed by atoms with Crippen LogP contribution in [0.15, 0.2) is 48.5 Å². The number of para-hydroxylation sites is 1. The number of hydrogen-bond donors (Lipinski definition) is 3. The Labute approximate surface area is 239 Å². The van der Waals surface area contributed by atoms with E-state index in [1.807, 2.05) is 58.0 Å². The van der Waals surface area contributed by atoms with Crippen LogP contribution in [0.5, 0.6) is 5.75 Å². The number of hydrogen-bond acceptors (Lipinski definition) is 5. The predicted molar refractivity (Wildman–Crippen MR) is 158 cm³/mol. The van der Waals surface area contributed by atoms with Crippen LogP contribution >= 0.6 is 0 Å². The van der Waals surface area contributed by atoms with E-state index in [4.69, 9.17) is 4.74 Å². The summed E-state index contributed by atoms with van der Waals surface area (Å²) in [5.74, 6) is -0.855. The van der Waals surface area contributed by atoms with Gasteiger partial charge in [-0.1, -0.05) is 68.8 Å². The number of phenolic OH excluding ortho intramolecular Hbond substituents is 1. The van der Waals surface area contributed by atoms with Gasteiger partial charge >= 0.3 is 6.09 Å². The normalized spacial score (nSPS) is 14.4. The maximum atomic E-state index is 14.5. The summed E-state index contributed by atoms with van der Waals surface area (Å²) in [6.45, 7) is 14.8. The fourth-order valence-electron chi connectivity index (χ4n) is 4.62. The Morgan fingerprint density at radius 1 is 0.975 bits per heavy atom. The second-order valence-electron chi connectivity index (χ2n) is 11.5. The molecule has 40 heavy (non-hydrogen) atoms. The summed E-state index contributed by atoms with van der Waals surface area (Å²) >= 11 is 0. The van der Waals surface area contributed by atoms with Crippen LogP contribution in [0.4, 0.5) is 4.79 Å². The lowest BCUT2D eigenvalue weighted by molar-refractivity contribution is -0.145. The third-order valence-corrected chi connectivity index (χ3v) is 6.79. The van der Waals surface area contributed by atoms with Gasteiger partial charge in [0.1, 0.15) is 23.4 Å². The maximum absolute atomic E-state index is 14.5. The van der Waals surface area contributed by atoms with Crippen molar-refractivity contribution in [3.8, 4) is 5.75 Å². The molecule has 3 N–H and O–H groups in total. The maximum Gasteiger partial charge on any atom is 0.408 e. The third-order valence-electron chi connectivity index (χ3n) is 6.79. The Morgan fingerprint density at radius 2 is 1.62 bits per heavy atom. The number of nitrogens with zero attached hydrogens (tertiary/aromatic N) is 1. The molecule has 220 valence electrons. The van der Waals surface area contributed by atoms with E-state index in [0.717, 1.165) is 18.4 Å². The molecule has 0 spiro atoms. The number of alkyl carbamates (subject to hydrolysis) is 1. The molecule has 0 aliphatic rings. The highest BCUT2D eigenvalue weighted by molar-refractivity contribution is 5.93. The number of aryl methyl sites for hydroxylation is 1. The Kier molecular flexibility index (Phi) is 12.0. The van der Waals surface area contributed by atoms with E-state index in [-0.39, 0.29) is 30.2 Å². The van der Waals surface area contributed by atoms with Gasteiger partial charge < -0.3 is 25.4 Å². The van der Waals surface area contributed by atoms with Crippen LogP contribution in [0.25, 0.3) is 0 Å². The molecule has 0 aromatic heterocycles. The molecule has 3 amide bonds. The molecule has 0 heterocycles. The minimum atomic E-state index is -1.11. The van der Waals surface area contributed by atoms with Gasteiger partial charge in [0.2, 0.25) is 11.8 Å². The monoisotopic (exact) mass is 553 g/mol. The van der Waals surface area contributed by atoms with Crippen LogP contribution in [0.1, 0.15) is 90.5 Å². The van der Waals surface area contributed by atoms with Crippen LogP contribution in [0.3, 0.4) is 0 Å². The smallest absolute Gasteiger partial charge is 0.408 e. The number of ether oxygens (including phenoxy) is 1. The number of nitrogens with one attached hydrogen (secondary N) is 2. The van der Waals surface area contributed by atoms with E-state index < -0.39 is 29.7 Å². The van der Waals surface area contributed by atoms with Gasteiger partial charge in [0.05, 0.1) is 0 Å². The molecular formula is C32H47N3O5. The van der Waals surface area contributed by atoms with E-state index in [0.29, 0.717) is 17.5 Å². The molecule has 8 heteroatoms. The van der Waals surface area contributed by atoms with Gasteiger partial charge in [-0.3, -0.25) is 9.59 Å². The minimum absolute atomic E-state index is 0.0355. The standard InChI is InChI=1S/C32H47N3O5/c1-9-15-22(4)33-29(37)27(25-19-14-16-21(3)28(25)36)35(23(5)10-2)30(38)26(20-24-17-12-11-13-18-24)34-31(39)40-32(6,7)8/h11-14,16-19,22-23,26-27,36H,9-10,15,20H2,1-8H3,(H,33,37)(H,34,39). The highest BCUT2D eigenvalue weighted by Crippen LogP contribution is 2.34. The van der Waals surface area contributed by atoms with Crippen LogP contribution in [-0.4, -0.2) is 51.6 Å². The zero-order valence-corrected chi connectivity index (χ0v) is 25.3. The molecule has 2 aromatic carbocycles. The summed E-state index contributed by atoms with van der Waals surface area (Å²) < 4.78 is 5.49. The SMILES string of the molecule is CCCC(C)NC(=O)C(c1cccc(C)c1O)N(C(=O)C(Cc1ccccc1)NC(=O)OC(C)(C)C)C(C)CC. The van der Waals surface area contributed by atoms with Crippen LogP contribution in [0.2, 0.25) is 0 Å². The van der Waals surface area contributed by atoms with Gasteiger partial charge in [0.25, 0.3) is 0 Å². The fourth-order valence-corrected chi connectivity index (χ4v) is 4.62. The van der Waals surface area contributed by atoms with Crippen molar-refractivity contribution in [2.24, 2.45) is 0 Å². The van der Waals surface area contributed by atoms with Crippen molar-refractivity contribution in [3.05, 3.63) is 65.2 Å². The Hall–Kier alpha value is -3.55. The van der Waals surface area contributed by atoms with E-state index in [9.17, 15) is 19.5 Å².